The van der Waals surface area contributed by atoms with Gasteiger partial charge in [0.1, 0.15) is 17.1 Å². The van der Waals surface area contributed by atoms with Gasteiger partial charge in [-0.2, -0.15) is 15.0 Å². The van der Waals surface area contributed by atoms with E-state index in [-0.39, 0.29) is 0 Å². The average molecular weight is 175 g/mol. The highest BCUT2D eigenvalue weighted by Gasteiger charge is 2.23. The standard InChI is InChI=1S/C9H9N3O/c1-2-4-9-8(3-1)10-12(11-9)5-7-6-13-7/h1-4,7H,5-6H2. The summed E-state index contributed by atoms with van der Waals surface area (Å²) in [5, 5.41) is 8.64. The monoisotopic (exact) mass is 175 g/mol. The van der Waals surface area contributed by atoms with Crippen molar-refractivity contribution >= 4 is 11.0 Å². The molecule has 1 saturated heterocycles. The van der Waals surface area contributed by atoms with E-state index in [0.717, 1.165) is 24.2 Å². The summed E-state index contributed by atoms with van der Waals surface area (Å²) in [5.41, 5.74) is 1.89. The van der Waals surface area contributed by atoms with Crippen molar-refractivity contribution in [3.05, 3.63) is 24.3 Å². The molecule has 1 atom stereocenters. The van der Waals surface area contributed by atoms with Crippen molar-refractivity contribution in [1.82, 2.24) is 15.0 Å². The van der Waals surface area contributed by atoms with Gasteiger partial charge in [0.05, 0.1) is 13.2 Å². The molecule has 66 valence electrons. The second kappa shape index (κ2) is 2.53. The van der Waals surface area contributed by atoms with Gasteiger partial charge in [-0.1, -0.05) is 12.1 Å². The lowest BCUT2D eigenvalue weighted by Crippen LogP contribution is -2.07. The van der Waals surface area contributed by atoms with Crippen LogP contribution in [0.4, 0.5) is 0 Å². The van der Waals surface area contributed by atoms with E-state index in [1.54, 1.807) is 4.80 Å². The largest absolute Gasteiger partial charge is 0.371 e. The number of fused-ring (bicyclic) bond motifs is 1. The number of epoxide rings is 1. The molecule has 0 bridgehead atoms. The molecular formula is C9H9N3O. The molecule has 0 spiro atoms. The van der Waals surface area contributed by atoms with Crippen LogP contribution in [0.2, 0.25) is 0 Å². The normalized spacial score (nSPS) is 20.8. The van der Waals surface area contributed by atoms with Crippen molar-refractivity contribution in [2.24, 2.45) is 0 Å². The summed E-state index contributed by atoms with van der Waals surface area (Å²) in [7, 11) is 0. The van der Waals surface area contributed by atoms with Crippen LogP contribution >= 0.6 is 0 Å². The molecule has 13 heavy (non-hydrogen) atoms. The van der Waals surface area contributed by atoms with Gasteiger partial charge in [-0.15, -0.1) is 0 Å². The maximum absolute atomic E-state index is 5.11. The van der Waals surface area contributed by atoms with Gasteiger partial charge in [0.25, 0.3) is 0 Å². The molecule has 0 aliphatic carbocycles. The van der Waals surface area contributed by atoms with Crippen LogP contribution < -0.4 is 0 Å². The number of aromatic nitrogens is 3. The minimum absolute atomic E-state index is 0.335. The molecule has 1 aliphatic heterocycles. The van der Waals surface area contributed by atoms with E-state index in [0.29, 0.717) is 6.10 Å². The van der Waals surface area contributed by atoms with Crippen LogP contribution in [0.1, 0.15) is 0 Å². The Balaban J connectivity index is 2.00. The molecule has 0 N–H and O–H groups in total. The van der Waals surface area contributed by atoms with Crippen LogP contribution in [-0.4, -0.2) is 27.7 Å². The summed E-state index contributed by atoms with van der Waals surface area (Å²) in [6.07, 6.45) is 0.335. The molecule has 1 fully saturated rings. The van der Waals surface area contributed by atoms with Gasteiger partial charge in [0.15, 0.2) is 0 Å². The first kappa shape index (κ1) is 7.03. The van der Waals surface area contributed by atoms with Gasteiger partial charge in [-0.25, -0.2) is 0 Å². The molecule has 1 unspecified atom stereocenters. The maximum Gasteiger partial charge on any atom is 0.113 e. The summed E-state index contributed by atoms with van der Waals surface area (Å²) in [6.45, 7) is 1.62. The fraction of sp³-hybridized carbons (Fsp3) is 0.333. The minimum atomic E-state index is 0.335. The van der Waals surface area contributed by atoms with Gasteiger partial charge >= 0.3 is 0 Å². The van der Waals surface area contributed by atoms with Gasteiger partial charge in [-0.3, -0.25) is 0 Å². The highest BCUT2D eigenvalue weighted by molar-refractivity contribution is 5.72. The number of nitrogens with zero attached hydrogens (tertiary/aromatic N) is 3. The van der Waals surface area contributed by atoms with Crippen LogP contribution in [0.3, 0.4) is 0 Å². The van der Waals surface area contributed by atoms with Crippen LogP contribution in [0, 0.1) is 0 Å². The zero-order valence-corrected chi connectivity index (χ0v) is 7.05. The smallest absolute Gasteiger partial charge is 0.113 e. The Morgan fingerprint density at radius 1 is 1.31 bits per heavy atom. The van der Waals surface area contributed by atoms with Crippen molar-refractivity contribution in [3.8, 4) is 0 Å². The van der Waals surface area contributed by atoms with E-state index in [9.17, 15) is 0 Å². The molecular weight excluding hydrogens is 166 g/mol. The third-order valence-corrected chi connectivity index (χ3v) is 2.10. The van der Waals surface area contributed by atoms with E-state index < -0.39 is 0 Å². The first-order valence-electron chi connectivity index (χ1n) is 4.33. The lowest BCUT2D eigenvalue weighted by atomic mass is 10.3. The number of hydrogen-bond acceptors (Lipinski definition) is 3. The fourth-order valence-electron chi connectivity index (χ4n) is 1.34. The lowest BCUT2D eigenvalue weighted by molar-refractivity contribution is 0.361. The van der Waals surface area contributed by atoms with Crippen molar-refractivity contribution in [2.75, 3.05) is 6.61 Å². The number of rotatable bonds is 2. The predicted octanol–water partition coefficient (Wildman–Crippen LogP) is 0.830. The van der Waals surface area contributed by atoms with Gasteiger partial charge < -0.3 is 4.74 Å². The third-order valence-electron chi connectivity index (χ3n) is 2.10. The van der Waals surface area contributed by atoms with Crippen molar-refractivity contribution < 1.29 is 4.74 Å². The molecule has 1 aromatic heterocycles. The second-order valence-corrected chi connectivity index (χ2v) is 3.20. The molecule has 2 aromatic rings. The van der Waals surface area contributed by atoms with Crippen LogP contribution in [0.5, 0.6) is 0 Å². The van der Waals surface area contributed by atoms with Gasteiger partial charge in [-0.05, 0) is 12.1 Å². The molecule has 0 saturated carbocycles. The topological polar surface area (TPSA) is 43.2 Å². The molecule has 3 rings (SSSR count). The summed E-state index contributed by atoms with van der Waals surface area (Å²) in [5.74, 6) is 0. The van der Waals surface area contributed by atoms with Crippen molar-refractivity contribution in [3.63, 3.8) is 0 Å². The Morgan fingerprint density at radius 2 is 1.92 bits per heavy atom. The second-order valence-electron chi connectivity index (χ2n) is 3.20. The molecule has 0 radical (unpaired) electrons. The van der Waals surface area contributed by atoms with E-state index in [2.05, 4.69) is 10.2 Å². The summed E-state index contributed by atoms with van der Waals surface area (Å²) >= 11 is 0. The molecule has 4 heteroatoms. The lowest BCUT2D eigenvalue weighted by Gasteiger charge is -1.91. The molecule has 2 heterocycles. The fourth-order valence-corrected chi connectivity index (χ4v) is 1.34. The van der Waals surface area contributed by atoms with E-state index in [4.69, 9.17) is 4.74 Å². The van der Waals surface area contributed by atoms with Gasteiger partial charge in [0, 0.05) is 0 Å². The molecule has 1 aliphatic rings. The molecule has 0 amide bonds. The first-order chi connectivity index (χ1) is 6.42. The summed E-state index contributed by atoms with van der Waals surface area (Å²) in [6, 6.07) is 7.86. The van der Waals surface area contributed by atoms with Crippen molar-refractivity contribution in [1.29, 1.82) is 0 Å². The maximum atomic E-state index is 5.11. The zero-order chi connectivity index (χ0) is 8.67. The Kier molecular flexibility index (Phi) is 1.37. The SMILES string of the molecule is c1ccc2nn(CC3CO3)nc2c1. The highest BCUT2D eigenvalue weighted by Crippen LogP contribution is 2.12. The van der Waals surface area contributed by atoms with E-state index >= 15 is 0 Å². The number of benzene rings is 1. The Labute approximate surface area is 75.1 Å². The summed E-state index contributed by atoms with van der Waals surface area (Å²) < 4.78 is 5.11. The van der Waals surface area contributed by atoms with E-state index in [1.165, 1.54) is 0 Å². The predicted molar refractivity (Wildman–Crippen MR) is 47.3 cm³/mol. The number of ether oxygens (including phenoxy) is 1. The first-order valence-corrected chi connectivity index (χ1v) is 4.33. The Morgan fingerprint density at radius 3 is 2.46 bits per heavy atom. The Hall–Kier alpha value is -1.42. The average Bonchev–Trinajstić information content (AvgIpc) is 2.85. The quantitative estimate of drug-likeness (QED) is 0.635. The van der Waals surface area contributed by atoms with Crippen LogP contribution in [0.25, 0.3) is 11.0 Å². The van der Waals surface area contributed by atoms with Crippen LogP contribution in [0.15, 0.2) is 24.3 Å². The number of hydrogen-bond donors (Lipinski definition) is 0. The van der Waals surface area contributed by atoms with Gasteiger partial charge in [0.2, 0.25) is 0 Å². The van der Waals surface area contributed by atoms with E-state index in [1.807, 2.05) is 24.3 Å². The zero-order valence-electron chi connectivity index (χ0n) is 7.05. The highest BCUT2D eigenvalue weighted by atomic mass is 16.6. The molecule has 1 aromatic carbocycles. The third kappa shape index (κ3) is 1.29. The van der Waals surface area contributed by atoms with Crippen molar-refractivity contribution in [2.45, 2.75) is 12.6 Å². The minimum Gasteiger partial charge on any atom is -0.371 e. The summed E-state index contributed by atoms with van der Waals surface area (Å²) in [4.78, 5) is 1.71. The molecule has 4 nitrogen and oxygen atoms in total. The Bertz CT molecular complexity index is 400. The van der Waals surface area contributed by atoms with Crippen LogP contribution in [-0.2, 0) is 11.3 Å².